The van der Waals surface area contributed by atoms with Gasteiger partial charge in [0.1, 0.15) is 0 Å². The molecule has 0 aromatic rings. The van der Waals surface area contributed by atoms with Gasteiger partial charge in [-0.15, -0.1) is 0 Å². The molecule has 1 unspecified atom stereocenters. The van der Waals surface area contributed by atoms with Crippen LogP contribution in [-0.2, 0) is 9.53 Å². The second kappa shape index (κ2) is 5.19. The summed E-state index contributed by atoms with van der Waals surface area (Å²) >= 11 is 0. The van der Waals surface area contributed by atoms with E-state index in [1.807, 2.05) is 11.9 Å². The van der Waals surface area contributed by atoms with Gasteiger partial charge >= 0.3 is 5.97 Å². The minimum absolute atomic E-state index is 0.166. The fourth-order valence-corrected chi connectivity index (χ4v) is 1.64. The molecule has 1 saturated heterocycles. The molecule has 4 nitrogen and oxygen atoms in total. The van der Waals surface area contributed by atoms with Gasteiger partial charge in [-0.3, -0.25) is 9.69 Å². The number of carbonyl (C=O) groups excluding carboxylic acids is 1. The summed E-state index contributed by atoms with van der Waals surface area (Å²) in [5.41, 5.74) is 0. The molecular weight excluding hydrogens is 168 g/mol. The lowest BCUT2D eigenvalue weighted by Gasteiger charge is -2.19. The average Bonchev–Trinajstić information content (AvgIpc) is 2.56. The van der Waals surface area contributed by atoms with Crippen LogP contribution in [0.25, 0.3) is 0 Å². The summed E-state index contributed by atoms with van der Waals surface area (Å²) in [7, 11) is 3.36. The van der Waals surface area contributed by atoms with Gasteiger partial charge in [0.25, 0.3) is 0 Å². The van der Waals surface area contributed by atoms with Crippen molar-refractivity contribution in [1.82, 2.24) is 10.2 Å². The van der Waals surface area contributed by atoms with Crippen LogP contribution in [0, 0.1) is 0 Å². The monoisotopic (exact) mass is 186 g/mol. The summed E-state index contributed by atoms with van der Waals surface area (Å²) in [6.07, 6.45) is 2.46. The Bertz CT molecular complexity index is 167. The lowest BCUT2D eigenvalue weighted by atomic mass is 10.2. The van der Waals surface area contributed by atoms with E-state index >= 15 is 0 Å². The highest BCUT2D eigenvalue weighted by molar-refractivity contribution is 5.71. The highest BCUT2D eigenvalue weighted by Crippen LogP contribution is 2.05. The minimum Gasteiger partial charge on any atom is -0.468 e. The van der Waals surface area contributed by atoms with Crippen molar-refractivity contribution in [1.29, 1.82) is 0 Å². The van der Waals surface area contributed by atoms with Crippen molar-refractivity contribution < 1.29 is 9.53 Å². The number of ether oxygens (including phenoxy) is 1. The van der Waals surface area contributed by atoms with E-state index in [1.165, 1.54) is 20.0 Å². The van der Waals surface area contributed by atoms with E-state index in [9.17, 15) is 4.79 Å². The third kappa shape index (κ3) is 3.74. The number of hydrogen-bond donors (Lipinski definition) is 1. The lowest BCUT2D eigenvalue weighted by molar-refractivity contribution is -0.141. The van der Waals surface area contributed by atoms with Crippen molar-refractivity contribution in [3.05, 3.63) is 0 Å². The summed E-state index contributed by atoms with van der Waals surface area (Å²) < 4.78 is 4.58. The maximum atomic E-state index is 10.9. The normalized spacial score (nSPS) is 22.2. The van der Waals surface area contributed by atoms with Gasteiger partial charge in [-0.2, -0.15) is 0 Å². The number of carbonyl (C=O) groups is 1. The van der Waals surface area contributed by atoms with E-state index in [0.717, 1.165) is 13.1 Å². The van der Waals surface area contributed by atoms with E-state index in [1.54, 1.807) is 0 Å². The van der Waals surface area contributed by atoms with E-state index in [4.69, 9.17) is 0 Å². The summed E-state index contributed by atoms with van der Waals surface area (Å²) in [5.74, 6) is -0.166. The quantitative estimate of drug-likeness (QED) is 0.620. The second-order valence-corrected chi connectivity index (χ2v) is 3.57. The predicted octanol–water partition coefficient (Wildman–Crippen LogP) is -0.157. The average molecular weight is 186 g/mol. The number of methoxy groups -OCH3 is 1. The molecule has 0 aromatic carbocycles. The van der Waals surface area contributed by atoms with Gasteiger partial charge in [-0.1, -0.05) is 0 Å². The molecule has 1 fully saturated rings. The molecular formula is C9H18N2O2. The van der Waals surface area contributed by atoms with Crippen molar-refractivity contribution in [2.24, 2.45) is 0 Å². The third-order valence-electron chi connectivity index (χ3n) is 2.32. The fraction of sp³-hybridized carbons (Fsp3) is 0.889. The smallest absolute Gasteiger partial charge is 0.319 e. The van der Waals surface area contributed by atoms with E-state index in [-0.39, 0.29) is 5.97 Å². The first-order valence-electron chi connectivity index (χ1n) is 4.71. The number of nitrogens with one attached hydrogen (secondary N) is 1. The first-order chi connectivity index (χ1) is 6.22. The zero-order chi connectivity index (χ0) is 9.68. The Balaban J connectivity index is 2.16. The molecule has 4 heteroatoms. The van der Waals surface area contributed by atoms with Gasteiger partial charge in [-0.05, 0) is 26.4 Å². The standard InChI is InChI=1S/C9H18N2O2/c1-11(7-9(12)13-2)6-8-4-3-5-10-8/h8,10H,3-7H2,1-2H3. The molecule has 0 radical (unpaired) electrons. The van der Waals surface area contributed by atoms with Gasteiger partial charge in [-0.25, -0.2) is 0 Å². The van der Waals surface area contributed by atoms with Gasteiger partial charge in [0, 0.05) is 12.6 Å². The lowest BCUT2D eigenvalue weighted by Crippen LogP contribution is -2.38. The number of hydrogen-bond acceptors (Lipinski definition) is 4. The molecule has 1 aliphatic heterocycles. The van der Waals surface area contributed by atoms with Crippen LogP contribution in [0.1, 0.15) is 12.8 Å². The van der Waals surface area contributed by atoms with Gasteiger partial charge < -0.3 is 10.1 Å². The van der Waals surface area contributed by atoms with E-state index in [0.29, 0.717) is 12.6 Å². The molecule has 1 atom stereocenters. The Morgan fingerprint density at radius 2 is 2.46 bits per heavy atom. The molecule has 0 spiro atoms. The Morgan fingerprint density at radius 3 is 3.00 bits per heavy atom. The van der Waals surface area contributed by atoms with Crippen molar-refractivity contribution in [3.63, 3.8) is 0 Å². The van der Waals surface area contributed by atoms with Crippen molar-refractivity contribution in [2.45, 2.75) is 18.9 Å². The highest BCUT2D eigenvalue weighted by Gasteiger charge is 2.16. The van der Waals surface area contributed by atoms with Gasteiger partial charge in [0.2, 0.25) is 0 Å². The summed E-state index contributed by atoms with van der Waals surface area (Å²) in [6.45, 7) is 2.42. The summed E-state index contributed by atoms with van der Waals surface area (Å²) in [6, 6.07) is 0.551. The topological polar surface area (TPSA) is 41.6 Å². The van der Waals surface area contributed by atoms with Crippen LogP contribution >= 0.6 is 0 Å². The van der Waals surface area contributed by atoms with Crippen LogP contribution in [0.15, 0.2) is 0 Å². The zero-order valence-corrected chi connectivity index (χ0v) is 8.38. The first kappa shape index (κ1) is 10.5. The molecule has 0 aromatic heterocycles. The Morgan fingerprint density at radius 1 is 1.69 bits per heavy atom. The summed E-state index contributed by atoms with van der Waals surface area (Å²) in [4.78, 5) is 12.9. The fourth-order valence-electron chi connectivity index (χ4n) is 1.64. The van der Waals surface area contributed by atoms with Crippen LogP contribution in [0.5, 0.6) is 0 Å². The largest absolute Gasteiger partial charge is 0.468 e. The zero-order valence-electron chi connectivity index (χ0n) is 8.38. The molecule has 76 valence electrons. The molecule has 1 aliphatic rings. The van der Waals surface area contributed by atoms with Gasteiger partial charge in [0.15, 0.2) is 0 Å². The van der Waals surface area contributed by atoms with E-state index < -0.39 is 0 Å². The van der Waals surface area contributed by atoms with Crippen molar-refractivity contribution in [3.8, 4) is 0 Å². The molecule has 13 heavy (non-hydrogen) atoms. The Hall–Kier alpha value is -0.610. The number of esters is 1. The Labute approximate surface area is 79.2 Å². The number of nitrogens with zero attached hydrogens (tertiary/aromatic N) is 1. The molecule has 0 amide bonds. The van der Waals surface area contributed by atoms with Crippen LogP contribution < -0.4 is 5.32 Å². The molecule has 1 rings (SSSR count). The SMILES string of the molecule is COC(=O)CN(C)CC1CCCN1. The molecule has 0 saturated carbocycles. The van der Waals surface area contributed by atoms with Crippen molar-refractivity contribution >= 4 is 5.97 Å². The highest BCUT2D eigenvalue weighted by atomic mass is 16.5. The minimum atomic E-state index is -0.166. The summed E-state index contributed by atoms with van der Waals surface area (Å²) in [5, 5.41) is 3.38. The predicted molar refractivity (Wildman–Crippen MR) is 50.5 cm³/mol. The number of likely N-dealkylation sites (N-methyl/N-ethyl adjacent to an activating group) is 1. The number of rotatable bonds is 4. The van der Waals surface area contributed by atoms with Gasteiger partial charge in [0.05, 0.1) is 13.7 Å². The maximum Gasteiger partial charge on any atom is 0.319 e. The Kier molecular flexibility index (Phi) is 4.18. The van der Waals surface area contributed by atoms with Crippen LogP contribution in [0.4, 0.5) is 0 Å². The molecule has 1 heterocycles. The van der Waals surface area contributed by atoms with Crippen molar-refractivity contribution in [2.75, 3.05) is 33.8 Å². The first-order valence-corrected chi connectivity index (χ1v) is 4.71. The second-order valence-electron chi connectivity index (χ2n) is 3.57. The third-order valence-corrected chi connectivity index (χ3v) is 2.32. The van der Waals surface area contributed by atoms with Crippen LogP contribution in [0.2, 0.25) is 0 Å². The van der Waals surface area contributed by atoms with E-state index in [2.05, 4.69) is 10.1 Å². The maximum absolute atomic E-state index is 10.9. The van der Waals surface area contributed by atoms with Crippen LogP contribution in [-0.4, -0.2) is 50.7 Å². The molecule has 0 aliphatic carbocycles. The molecule has 0 bridgehead atoms. The molecule has 1 N–H and O–H groups in total. The van der Waals surface area contributed by atoms with Crippen LogP contribution in [0.3, 0.4) is 0 Å².